The van der Waals surface area contributed by atoms with Gasteiger partial charge in [0.2, 0.25) is 0 Å². The number of halogens is 1. The Morgan fingerprint density at radius 1 is 1.23 bits per heavy atom. The minimum absolute atomic E-state index is 0.235. The van der Waals surface area contributed by atoms with Crippen molar-refractivity contribution in [3.05, 3.63) is 58.1 Å². The van der Waals surface area contributed by atoms with E-state index in [0.29, 0.717) is 24.5 Å². The van der Waals surface area contributed by atoms with Crippen molar-refractivity contribution in [1.82, 2.24) is 4.90 Å². The Morgan fingerprint density at radius 2 is 2.00 bits per heavy atom. The van der Waals surface area contributed by atoms with E-state index in [1.165, 1.54) is 0 Å². The monoisotopic (exact) mass is 419 g/mol. The van der Waals surface area contributed by atoms with Crippen molar-refractivity contribution >= 4 is 21.9 Å². The van der Waals surface area contributed by atoms with E-state index < -0.39 is 12.0 Å². The summed E-state index contributed by atoms with van der Waals surface area (Å²) in [5, 5.41) is 9.70. The van der Waals surface area contributed by atoms with Gasteiger partial charge in [0.1, 0.15) is 6.04 Å². The number of carboxylic acid groups (broad SMARTS) is 1. The number of para-hydroxylation sites is 1. The molecule has 2 unspecified atom stereocenters. The standard InChI is InChI=1S/C20H22BrNO4/c1-25-17-10-4-8-15(19(17)26-2)18(13-6-3-7-14(21)12-13)22-11-5-9-16(22)20(23)24/h3-4,6-8,10,12,16,18H,5,9,11H2,1-2H3,(H,23,24). The van der Waals surface area contributed by atoms with Gasteiger partial charge in [-0.25, -0.2) is 0 Å². The van der Waals surface area contributed by atoms with Crippen LogP contribution in [0.25, 0.3) is 0 Å². The molecule has 0 aliphatic carbocycles. The van der Waals surface area contributed by atoms with Gasteiger partial charge in [0.25, 0.3) is 0 Å². The van der Waals surface area contributed by atoms with Crippen LogP contribution in [-0.2, 0) is 4.79 Å². The topological polar surface area (TPSA) is 59.0 Å². The maximum Gasteiger partial charge on any atom is 0.320 e. The molecule has 0 radical (unpaired) electrons. The van der Waals surface area contributed by atoms with E-state index in [9.17, 15) is 9.90 Å². The molecule has 6 heteroatoms. The third kappa shape index (κ3) is 3.57. The van der Waals surface area contributed by atoms with Crippen LogP contribution >= 0.6 is 15.9 Å². The number of aliphatic carboxylic acids is 1. The Hall–Kier alpha value is -2.05. The molecule has 1 aliphatic heterocycles. The van der Waals surface area contributed by atoms with Crippen LogP contribution in [0, 0.1) is 0 Å². The van der Waals surface area contributed by atoms with Crippen LogP contribution in [0.1, 0.15) is 30.0 Å². The second kappa shape index (κ2) is 8.10. The molecule has 2 atom stereocenters. The van der Waals surface area contributed by atoms with Gasteiger partial charge in [0.15, 0.2) is 11.5 Å². The fourth-order valence-corrected chi connectivity index (χ4v) is 4.13. The number of rotatable bonds is 6. The van der Waals surface area contributed by atoms with Gasteiger partial charge in [-0.15, -0.1) is 0 Å². The molecule has 2 aromatic rings. The molecule has 1 N–H and O–H groups in total. The molecule has 2 aromatic carbocycles. The average molecular weight is 420 g/mol. The molecule has 26 heavy (non-hydrogen) atoms. The van der Waals surface area contributed by atoms with Gasteiger partial charge >= 0.3 is 5.97 Å². The molecule has 0 saturated carbocycles. The highest BCUT2D eigenvalue weighted by atomic mass is 79.9. The van der Waals surface area contributed by atoms with E-state index in [1.54, 1.807) is 14.2 Å². The SMILES string of the molecule is COc1cccc(C(c2cccc(Br)c2)N2CCCC2C(=O)O)c1OC. The molecule has 1 heterocycles. The first-order valence-corrected chi connectivity index (χ1v) is 9.31. The number of carbonyl (C=O) groups is 1. The number of ether oxygens (including phenoxy) is 2. The van der Waals surface area contributed by atoms with Gasteiger partial charge in [0, 0.05) is 16.6 Å². The van der Waals surface area contributed by atoms with E-state index in [4.69, 9.17) is 9.47 Å². The number of nitrogens with zero attached hydrogens (tertiary/aromatic N) is 1. The summed E-state index contributed by atoms with van der Waals surface area (Å²) in [6.07, 6.45) is 1.50. The van der Waals surface area contributed by atoms with Crippen molar-refractivity contribution < 1.29 is 19.4 Å². The maximum atomic E-state index is 11.8. The van der Waals surface area contributed by atoms with E-state index in [2.05, 4.69) is 15.9 Å². The lowest BCUT2D eigenvalue weighted by Gasteiger charge is -2.33. The molecule has 0 aromatic heterocycles. The number of carboxylic acids is 1. The Kier molecular flexibility index (Phi) is 5.84. The van der Waals surface area contributed by atoms with Gasteiger partial charge in [-0.1, -0.05) is 40.2 Å². The summed E-state index contributed by atoms with van der Waals surface area (Å²) < 4.78 is 12.1. The number of methoxy groups -OCH3 is 2. The summed E-state index contributed by atoms with van der Waals surface area (Å²) in [5.74, 6) is 0.483. The van der Waals surface area contributed by atoms with Crippen LogP contribution in [0.2, 0.25) is 0 Å². The minimum atomic E-state index is -0.788. The van der Waals surface area contributed by atoms with Gasteiger partial charge in [-0.3, -0.25) is 9.69 Å². The van der Waals surface area contributed by atoms with Crippen molar-refractivity contribution in [3.63, 3.8) is 0 Å². The largest absolute Gasteiger partial charge is 0.493 e. The van der Waals surface area contributed by atoms with Crippen LogP contribution in [0.5, 0.6) is 11.5 Å². The summed E-state index contributed by atoms with van der Waals surface area (Å²) >= 11 is 3.53. The summed E-state index contributed by atoms with van der Waals surface area (Å²) in [6.45, 7) is 0.717. The van der Waals surface area contributed by atoms with Gasteiger partial charge in [-0.2, -0.15) is 0 Å². The predicted molar refractivity (Wildman–Crippen MR) is 103 cm³/mol. The average Bonchev–Trinajstić information content (AvgIpc) is 3.11. The van der Waals surface area contributed by atoms with Gasteiger partial charge in [-0.05, 0) is 36.6 Å². The Labute approximate surface area is 161 Å². The van der Waals surface area contributed by atoms with Crippen molar-refractivity contribution in [2.75, 3.05) is 20.8 Å². The zero-order chi connectivity index (χ0) is 18.7. The zero-order valence-electron chi connectivity index (χ0n) is 14.8. The van der Waals surface area contributed by atoms with E-state index in [1.807, 2.05) is 47.4 Å². The molecule has 0 amide bonds. The summed E-state index contributed by atoms with van der Waals surface area (Å²) in [6, 6.07) is 13.0. The van der Waals surface area contributed by atoms with Crippen LogP contribution < -0.4 is 9.47 Å². The molecule has 3 rings (SSSR count). The predicted octanol–water partition coefficient (Wildman–Crippen LogP) is 4.10. The fourth-order valence-electron chi connectivity index (χ4n) is 3.72. The Balaban J connectivity index is 2.17. The smallest absolute Gasteiger partial charge is 0.320 e. The first-order chi connectivity index (χ1) is 12.6. The maximum absolute atomic E-state index is 11.8. The molecular formula is C20H22BrNO4. The fraction of sp³-hybridized carbons (Fsp3) is 0.350. The quantitative estimate of drug-likeness (QED) is 0.763. The molecule has 1 aliphatic rings. The molecule has 5 nitrogen and oxygen atoms in total. The Bertz CT molecular complexity index is 795. The van der Waals surface area contributed by atoms with E-state index >= 15 is 0 Å². The van der Waals surface area contributed by atoms with Crippen LogP contribution in [0.4, 0.5) is 0 Å². The number of likely N-dealkylation sites (tertiary alicyclic amines) is 1. The second-order valence-electron chi connectivity index (χ2n) is 6.27. The van der Waals surface area contributed by atoms with Crippen molar-refractivity contribution in [3.8, 4) is 11.5 Å². The van der Waals surface area contributed by atoms with Crippen LogP contribution in [0.15, 0.2) is 46.9 Å². The minimum Gasteiger partial charge on any atom is -0.493 e. The third-order valence-corrected chi connectivity index (χ3v) is 5.30. The highest BCUT2D eigenvalue weighted by molar-refractivity contribution is 9.10. The lowest BCUT2D eigenvalue weighted by Crippen LogP contribution is -2.39. The first-order valence-electron chi connectivity index (χ1n) is 8.51. The number of hydrogen-bond donors (Lipinski definition) is 1. The van der Waals surface area contributed by atoms with Crippen molar-refractivity contribution in [2.45, 2.75) is 24.9 Å². The van der Waals surface area contributed by atoms with E-state index in [0.717, 1.165) is 22.0 Å². The van der Waals surface area contributed by atoms with Gasteiger partial charge in [0.05, 0.1) is 20.3 Å². The summed E-state index contributed by atoms with van der Waals surface area (Å²) in [7, 11) is 3.21. The molecule has 138 valence electrons. The lowest BCUT2D eigenvalue weighted by atomic mass is 9.95. The van der Waals surface area contributed by atoms with Crippen LogP contribution in [0.3, 0.4) is 0 Å². The zero-order valence-corrected chi connectivity index (χ0v) is 16.4. The molecule has 1 saturated heterocycles. The molecule has 0 spiro atoms. The normalized spacial score (nSPS) is 18.5. The van der Waals surface area contributed by atoms with Gasteiger partial charge < -0.3 is 14.6 Å². The lowest BCUT2D eigenvalue weighted by molar-refractivity contribution is -0.142. The number of hydrogen-bond acceptors (Lipinski definition) is 4. The summed E-state index contributed by atoms with van der Waals surface area (Å²) in [4.78, 5) is 13.9. The van der Waals surface area contributed by atoms with Crippen molar-refractivity contribution in [2.24, 2.45) is 0 Å². The second-order valence-corrected chi connectivity index (χ2v) is 7.19. The Morgan fingerprint density at radius 3 is 2.65 bits per heavy atom. The van der Waals surface area contributed by atoms with Crippen molar-refractivity contribution in [1.29, 1.82) is 0 Å². The molecule has 0 bridgehead atoms. The summed E-state index contributed by atoms with van der Waals surface area (Å²) in [5.41, 5.74) is 1.91. The molecular weight excluding hydrogens is 398 g/mol. The molecule has 1 fully saturated rings. The van der Waals surface area contributed by atoms with Crippen LogP contribution in [-0.4, -0.2) is 42.8 Å². The highest BCUT2D eigenvalue weighted by Gasteiger charge is 2.38. The number of benzene rings is 2. The third-order valence-electron chi connectivity index (χ3n) is 4.80. The first kappa shape index (κ1) is 18.7. The van der Waals surface area contributed by atoms with E-state index in [-0.39, 0.29) is 6.04 Å². The highest BCUT2D eigenvalue weighted by Crippen LogP contribution is 2.43.